The molecule has 1 aliphatic carbocycles. The second-order valence-electron chi connectivity index (χ2n) is 12.2. The van der Waals surface area contributed by atoms with E-state index in [1.54, 1.807) is 0 Å². The Morgan fingerprint density at radius 3 is 1.33 bits per heavy atom. The molecule has 0 fully saturated rings. The van der Waals surface area contributed by atoms with Crippen molar-refractivity contribution in [2.24, 2.45) is 0 Å². The summed E-state index contributed by atoms with van der Waals surface area (Å²) < 4.78 is 0. The third-order valence-corrected chi connectivity index (χ3v) is 9.56. The van der Waals surface area contributed by atoms with Gasteiger partial charge in [0, 0.05) is 12.4 Å². The van der Waals surface area contributed by atoms with Crippen molar-refractivity contribution in [3.8, 4) is 84.0 Å². The second kappa shape index (κ2) is 11.4. The van der Waals surface area contributed by atoms with Crippen LogP contribution < -0.4 is 0 Å². The van der Waals surface area contributed by atoms with Gasteiger partial charge in [0.25, 0.3) is 0 Å². The first kappa shape index (κ1) is 27.7. The maximum Gasteiger partial charge on any atom is 0.0991 e. The molecule has 0 atom stereocenters. The lowest BCUT2D eigenvalue weighted by molar-refractivity contribution is 1.33. The van der Waals surface area contributed by atoms with Crippen LogP contribution in [0.5, 0.6) is 0 Å². The molecule has 2 heteroatoms. The lowest BCUT2D eigenvalue weighted by Gasteiger charge is -2.26. The molecule has 0 radical (unpaired) electrons. The average Bonchev–Trinajstić information content (AvgIpc) is 3.50. The normalized spacial score (nSPS) is 11.3. The molecule has 8 aromatic rings. The van der Waals surface area contributed by atoms with E-state index >= 15 is 0 Å². The Hall–Kier alpha value is -6.56. The number of rotatable bonds is 5. The number of pyridine rings is 1. The molecule has 0 saturated carbocycles. The summed E-state index contributed by atoms with van der Waals surface area (Å²) in [7, 11) is 0. The molecule has 2 nitrogen and oxygen atoms in total. The standard InChI is InChI=1S/C46H28N2/c47-29-30-19-21-35(22-20-30)41-40(32-11-4-1-5-12-32)42(33-13-6-2-7-14-33)46-39-24-23-36(31-25-27-48-28-26-31)37-17-10-18-38(44(37)39)45(46)43(41)34-15-8-3-9-16-34/h1-28H. The van der Waals surface area contributed by atoms with Crippen molar-refractivity contribution in [2.45, 2.75) is 0 Å². The zero-order valence-electron chi connectivity index (χ0n) is 26.1. The Balaban J connectivity index is 1.53. The third kappa shape index (κ3) is 4.30. The summed E-state index contributed by atoms with van der Waals surface area (Å²) in [5.41, 5.74) is 17.3. The fourth-order valence-corrected chi connectivity index (χ4v) is 7.58. The molecule has 0 spiro atoms. The van der Waals surface area contributed by atoms with Crippen LogP contribution in [0.15, 0.2) is 170 Å². The molecule has 1 heterocycles. The fraction of sp³-hybridized carbons (Fsp3) is 0. The Bertz CT molecular complexity index is 2510. The Labute approximate surface area is 279 Å². The predicted octanol–water partition coefficient (Wildman–Crippen LogP) is 12.1. The summed E-state index contributed by atoms with van der Waals surface area (Å²) in [6, 6.07) is 58.3. The van der Waals surface area contributed by atoms with Crippen molar-refractivity contribution < 1.29 is 0 Å². The lowest BCUT2D eigenvalue weighted by atomic mass is 9.76. The highest BCUT2D eigenvalue weighted by atomic mass is 14.6. The van der Waals surface area contributed by atoms with Crippen LogP contribution in [0.3, 0.4) is 0 Å². The molecule has 1 aliphatic rings. The van der Waals surface area contributed by atoms with Crippen molar-refractivity contribution in [3.63, 3.8) is 0 Å². The van der Waals surface area contributed by atoms with Gasteiger partial charge in [0.1, 0.15) is 0 Å². The minimum atomic E-state index is 0.645. The molecule has 9 rings (SSSR count). The highest BCUT2D eigenvalue weighted by molar-refractivity contribution is 6.27. The largest absolute Gasteiger partial charge is 0.265 e. The van der Waals surface area contributed by atoms with Gasteiger partial charge in [0.05, 0.1) is 11.6 Å². The SMILES string of the molecule is N#Cc1ccc(-c2c(-c3ccccc3)c(-c3ccccc3)c3c(c2-c2ccccc2)-c2cccc4c(-c5ccncc5)ccc-3c24)cc1. The van der Waals surface area contributed by atoms with Crippen LogP contribution in [0, 0.1) is 11.3 Å². The molecule has 0 unspecified atom stereocenters. The predicted molar refractivity (Wildman–Crippen MR) is 198 cm³/mol. The molecular formula is C46H28N2. The monoisotopic (exact) mass is 608 g/mol. The highest BCUT2D eigenvalue weighted by Crippen LogP contribution is 2.61. The van der Waals surface area contributed by atoms with Gasteiger partial charge in [0.15, 0.2) is 0 Å². The van der Waals surface area contributed by atoms with E-state index in [2.05, 4.69) is 157 Å². The summed E-state index contributed by atoms with van der Waals surface area (Å²) in [6.07, 6.45) is 3.73. The number of nitriles is 1. The van der Waals surface area contributed by atoms with Gasteiger partial charge in [-0.15, -0.1) is 0 Å². The van der Waals surface area contributed by atoms with E-state index in [1.165, 1.54) is 60.8 Å². The van der Waals surface area contributed by atoms with Crippen molar-refractivity contribution >= 4 is 10.8 Å². The number of aromatic nitrogens is 1. The number of hydrogen-bond donors (Lipinski definition) is 0. The Morgan fingerprint density at radius 2 is 0.812 bits per heavy atom. The molecule has 222 valence electrons. The zero-order valence-corrected chi connectivity index (χ0v) is 26.1. The van der Waals surface area contributed by atoms with E-state index < -0.39 is 0 Å². The van der Waals surface area contributed by atoms with E-state index in [0.29, 0.717) is 5.56 Å². The molecular weight excluding hydrogens is 581 g/mol. The zero-order chi connectivity index (χ0) is 32.0. The van der Waals surface area contributed by atoms with Gasteiger partial charge in [-0.3, -0.25) is 4.98 Å². The smallest absolute Gasteiger partial charge is 0.0991 e. The first-order valence-electron chi connectivity index (χ1n) is 16.2. The van der Waals surface area contributed by atoms with Crippen LogP contribution in [0.1, 0.15) is 5.56 Å². The Kier molecular flexibility index (Phi) is 6.56. The van der Waals surface area contributed by atoms with Gasteiger partial charge in [-0.1, -0.05) is 133 Å². The van der Waals surface area contributed by atoms with Crippen molar-refractivity contribution in [2.75, 3.05) is 0 Å². The summed E-state index contributed by atoms with van der Waals surface area (Å²) in [6.45, 7) is 0. The van der Waals surface area contributed by atoms with E-state index in [4.69, 9.17) is 0 Å². The van der Waals surface area contributed by atoms with Gasteiger partial charge in [-0.05, 0) is 113 Å². The number of nitrogens with zero attached hydrogens (tertiary/aromatic N) is 2. The average molecular weight is 609 g/mol. The van der Waals surface area contributed by atoms with Crippen LogP contribution >= 0.6 is 0 Å². The molecule has 0 N–H and O–H groups in total. The maximum absolute atomic E-state index is 9.72. The van der Waals surface area contributed by atoms with Crippen molar-refractivity contribution in [3.05, 3.63) is 176 Å². The lowest BCUT2D eigenvalue weighted by Crippen LogP contribution is -1.99. The van der Waals surface area contributed by atoms with Gasteiger partial charge in [-0.25, -0.2) is 0 Å². The van der Waals surface area contributed by atoms with Crippen LogP contribution in [-0.2, 0) is 0 Å². The minimum Gasteiger partial charge on any atom is -0.265 e. The summed E-state index contributed by atoms with van der Waals surface area (Å²) in [5, 5.41) is 12.2. The van der Waals surface area contributed by atoms with Crippen molar-refractivity contribution in [1.29, 1.82) is 5.26 Å². The van der Waals surface area contributed by atoms with Crippen LogP contribution in [0.2, 0.25) is 0 Å². The number of benzene rings is 7. The van der Waals surface area contributed by atoms with Crippen LogP contribution in [0.4, 0.5) is 0 Å². The van der Waals surface area contributed by atoms with Crippen LogP contribution in [-0.4, -0.2) is 4.98 Å². The highest BCUT2D eigenvalue weighted by Gasteiger charge is 2.34. The summed E-state index contributed by atoms with van der Waals surface area (Å²) in [5.74, 6) is 0. The molecule has 1 aromatic heterocycles. The van der Waals surface area contributed by atoms with E-state index in [-0.39, 0.29) is 0 Å². The van der Waals surface area contributed by atoms with Gasteiger partial charge in [-0.2, -0.15) is 5.26 Å². The Morgan fingerprint density at radius 1 is 0.354 bits per heavy atom. The van der Waals surface area contributed by atoms with Gasteiger partial charge >= 0.3 is 0 Å². The fourth-order valence-electron chi connectivity index (χ4n) is 7.58. The molecule has 7 aromatic carbocycles. The quantitative estimate of drug-likeness (QED) is 0.195. The topological polar surface area (TPSA) is 36.7 Å². The van der Waals surface area contributed by atoms with Gasteiger partial charge in [0.2, 0.25) is 0 Å². The first-order valence-corrected chi connectivity index (χ1v) is 16.2. The molecule has 0 bridgehead atoms. The van der Waals surface area contributed by atoms with Gasteiger partial charge < -0.3 is 0 Å². The maximum atomic E-state index is 9.72. The molecule has 0 aliphatic heterocycles. The van der Waals surface area contributed by atoms with E-state index in [0.717, 1.165) is 27.8 Å². The second-order valence-corrected chi connectivity index (χ2v) is 12.2. The summed E-state index contributed by atoms with van der Waals surface area (Å²) in [4.78, 5) is 4.29. The molecule has 0 amide bonds. The molecule has 0 saturated heterocycles. The molecule has 48 heavy (non-hydrogen) atoms. The summed E-state index contributed by atoms with van der Waals surface area (Å²) >= 11 is 0. The third-order valence-electron chi connectivity index (χ3n) is 9.56. The minimum absolute atomic E-state index is 0.645. The van der Waals surface area contributed by atoms with E-state index in [1.807, 2.05) is 24.5 Å². The first-order chi connectivity index (χ1) is 23.8. The van der Waals surface area contributed by atoms with E-state index in [9.17, 15) is 5.26 Å². The van der Waals surface area contributed by atoms with Crippen molar-refractivity contribution in [1.82, 2.24) is 4.98 Å². The van der Waals surface area contributed by atoms with Crippen LogP contribution in [0.25, 0.3) is 88.7 Å². The number of hydrogen-bond acceptors (Lipinski definition) is 2. The number of fused-ring (bicyclic) bond motifs is 3.